The lowest BCUT2D eigenvalue weighted by Gasteiger charge is -2.13. The van der Waals surface area contributed by atoms with E-state index in [-0.39, 0.29) is 12.3 Å². The fourth-order valence-electron chi connectivity index (χ4n) is 1.62. The Kier molecular flexibility index (Phi) is 8.01. The van der Waals surface area contributed by atoms with Gasteiger partial charge < -0.3 is 10.8 Å². The first-order valence-corrected chi connectivity index (χ1v) is 5.68. The molecule has 0 aromatic carbocycles. The fourth-order valence-corrected chi connectivity index (χ4v) is 1.62. The van der Waals surface area contributed by atoms with E-state index in [1.54, 1.807) is 0 Å². The number of hydrogen-bond acceptors (Lipinski definition) is 2. The SMILES string of the molecule is C=C(CCCCC)C[C@H](CN)CC(=O)O. The molecule has 0 radical (unpaired) electrons. The molecule has 0 heterocycles. The molecule has 88 valence electrons. The van der Waals surface area contributed by atoms with E-state index in [9.17, 15) is 4.79 Å². The quantitative estimate of drug-likeness (QED) is 0.457. The predicted octanol–water partition coefficient (Wildman–Crippen LogP) is 2.56. The van der Waals surface area contributed by atoms with Gasteiger partial charge in [-0.15, -0.1) is 0 Å². The lowest BCUT2D eigenvalue weighted by Crippen LogP contribution is -2.18. The smallest absolute Gasteiger partial charge is 0.303 e. The Morgan fingerprint density at radius 3 is 2.53 bits per heavy atom. The average Bonchev–Trinajstić information content (AvgIpc) is 2.16. The maximum absolute atomic E-state index is 10.5. The molecule has 0 saturated carbocycles. The zero-order valence-electron chi connectivity index (χ0n) is 9.67. The van der Waals surface area contributed by atoms with E-state index in [0.29, 0.717) is 6.54 Å². The summed E-state index contributed by atoms with van der Waals surface area (Å²) in [4.78, 5) is 10.5. The predicted molar refractivity (Wildman–Crippen MR) is 62.7 cm³/mol. The van der Waals surface area contributed by atoms with Gasteiger partial charge in [-0.25, -0.2) is 0 Å². The van der Waals surface area contributed by atoms with Gasteiger partial charge in [0, 0.05) is 6.42 Å². The highest BCUT2D eigenvalue weighted by Gasteiger charge is 2.12. The molecule has 15 heavy (non-hydrogen) atoms. The molecule has 3 N–H and O–H groups in total. The van der Waals surface area contributed by atoms with Crippen LogP contribution in [0, 0.1) is 5.92 Å². The van der Waals surface area contributed by atoms with E-state index in [1.165, 1.54) is 12.8 Å². The second kappa shape index (κ2) is 8.48. The Morgan fingerprint density at radius 1 is 1.40 bits per heavy atom. The summed E-state index contributed by atoms with van der Waals surface area (Å²) in [6, 6.07) is 0. The molecular formula is C12H23NO2. The van der Waals surface area contributed by atoms with E-state index in [4.69, 9.17) is 10.8 Å². The second-order valence-electron chi connectivity index (χ2n) is 4.11. The van der Waals surface area contributed by atoms with E-state index in [0.717, 1.165) is 24.8 Å². The average molecular weight is 213 g/mol. The van der Waals surface area contributed by atoms with Crippen molar-refractivity contribution in [2.24, 2.45) is 11.7 Å². The summed E-state index contributed by atoms with van der Waals surface area (Å²) in [5.41, 5.74) is 6.66. The first kappa shape index (κ1) is 14.2. The molecule has 0 aromatic heterocycles. The number of unbranched alkanes of at least 4 members (excludes halogenated alkanes) is 2. The van der Waals surface area contributed by atoms with Gasteiger partial charge in [-0.3, -0.25) is 4.79 Å². The lowest BCUT2D eigenvalue weighted by molar-refractivity contribution is -0.138. The van der Waals surface area contributed by atoms with Gasteiger partial charge in [0.25, 0.3) is 0 Å². The molecule has 3 nitrogen and oxygen atoms in total. The maximum atomic E-state index is 10.5. The summed E-state index contributed by atoms with van der Waals surface area (Å²) >= 11 is 0. The third-order valence-corrected chi connectivity index (χ3v) is 2.51. The largest absolute Gasteiger partial charge is 0.481 e. The van der Waals surface area contributed by atoms with Crippen LogP contribution in [0.4, 0.5) is 0 Å². The molecule has 0 aliphatic carbocycles. The molecule has 0 bridgehead atoms. The highest BCUT2D eigenvalue weighted by atomic mass is 16.4. The Hall–Kier alpha value is -0.830. The molecule has 0 aliphatic heterocycles. The van der Waals surface area contributed by atoms with Gasteiger partial charge in [0.05, 0.1) is 0 Å². The lowest BCUT2D eigenvalue weighted by atomic mass is 9.94. The summed E-state index contributed by atoms with van der Waals surface area (Å²) in [5, 5.41) is 8.66. The summed E-state index contributed by atoms with van der Waals surface area (Å²) in [6.07, 6.45) is 5.48. The summed E-state index contributed by atoms with van der Waals surface area (Å²) in [5.74, 6) is -0.719. The van der Waals surface area contributed by atoms with Gasteiger partial charge in [-0.2, -0.15) is 0 Å². The van der Waals surface area contributed by atoms with Gasteiger partial charge in [-0.05, 0) is 31.7 Å². The molecule has 0 spiro atoms. The van der Waals surface area contributed by atoms with Crippen LogP contribution in [-0.2, 0) is 4.79 Å². The van der Waals surface area contributed by atoms with Gasteiger partial charge in [-0.1, -0.05) is 31.9 Å². The van der Waals surface area contributed by atoms with Gasteiger partial charge in [0.1, 0.15) is 0 Å². The minimum absolute atomic E-state index is 0.0524. The topological polar surface area (TPSA) is 63.3 Å². The van der Waals surface area contributed by atoms with Crippen molar-refractivity contribution in [2.45, 2.75) is 45.4 Å². The third-order valence-electron chi connectivity index (χ3n) is 2.51. The first-order chi connectivity index (χ1) is 7.10. The zero-order valence-corrected chi connectivity index (χ0v) is 9.67. The first-order valence-electron chi connectivity index (χ1n) is 5.68. The van der Waals surface area contributed by atoms with Gasteiger partial charge in [0.2, 0.25) is 0 Å². The van der Waals surface area contributed by atoms with Gasteiger partial charge >= 0.3 is 5.97 Å². The number of carbonyl (C=O) groups is 1. The Bertz CT molecular complexity index is 202. The monoisotopic (exact) mass is 213 g/mol. The van der Waals surface area contributed by atoms with Gasteiger partial charge in [0.15, 0.2) is 0 Å². The van der Waals surface area contributed by atoms with Crippen LogP contribution in [0.1, 0.15) is 45.4 Å². The highest BCUT2D eigenvalue weighted by Crippen LogP contribution is 2.18. The number of hydrogen-bond donors (Lipinski definition) is 2. The van der Waals surface area contributed by atoms with Crippen LogP contribution in [0.3, 0.4) is 0 Å². The van der Waals surface area contributed by atoms with E-state index >= 15 is 0 Å². The number of nitrogens with two attached hydrogens (primary N) is 1. The Labute approximate surface area is 92.4 Å². The maximum Gasteiger partial charge on any atom is 0.303 e. The van der Waals surface area contributed by atoms with Crippen LogP contribution in [0.25, 0.3) is 0 Å². The summed E-state index contributed by atoms with van der Waals surface area (Å²) < 4.78 is 0. The van der Waals surface area contributed by atoms with Crippen LogP contribution < -0.4 is 5.73 Å². The molecule has 0 aliphatic rings. The van der Waals surface area contributed by atoms with Crippen LogP contribution >= 0.6 is 0 Å². The molecule has 0 saturated heterocycles. The number of rotatable bonds is 9. The van der Waals surface area contributed by atoms with Crippen LogP contribution in [0.15, 0.2) is 12.2 Å². The normalized spacial score (nSPS) is 12.4. The Balaban J connectivity index is 3.75. The van der Waals surface area contributed by atoms with E-state index in [1.807, 2.05) is 0 Å². The number of carboxylic acids is 1. The van der Waals surface area contributed by atoms with Crippen molar-refractivity contribution in [2.75, 3.05) is 6.54 Å². The van der Waals surface area contributed by atoms with E-state index in [2.05, 4.69) is 13.5 Å². The molecule has 3 heteroatoms. The summed E-state index contributed by atoms with van der Waals surface area (Å²) in [6.45, 7) is 6.57. The van der Waals surface area contributed by atoms with Crippen molar-refractivity contribution in [3.8, 4) is 0 Å². The van der Waals surface area contributed by atoms with Crippen LogP contribution in [0.2, 0.25) is 0 Å². The molecule has 0 aromatic rings. The van der Waals surface area contributed by atoms with Crippen molar-refractivity contribution in [1.29, 1.82) is 0 Å². The Morgan fingerprint density at radius 2 is 2.07 bits per heavy atom. The molecule has 0 rings (SSSR count). The fraction of sp³-hybridized carbons (Fsp3) is 0.750. The minimum Gasteiger partial charge on any atom is -0.481 e. The minimum atomic E-state index is -0.771. The highest BCUT2D eigenvalue weighted by molar-refractivity contribution is 5.67. The molecule has 0 fully saturated rings. The number of aliphatic carboxylic acids is 1. The summed E-state index contributed by atoms with van der Waals surface area (Å²) in [7, 11) is 0. The van der Waals surface area contributed by atoms with E-state index < -0.39 is 5.97 Å². The molecule has 0 amide bonds. The van der Waals surface area contributed by atoms with Crippen LogP contribution in [0.5, 0.6) is 0 Å². The number of allylic oxidation sites excluding steroid dienone is 1. The molecular weight excluding hydrogens is 190 g/mol. The standard InChI is InChI=1S/C12H23NO2/c1-3-4-5-6-10(2)7-11(9-13)8-12(14)15/h11H,2-9,13H2,1H3,(H,14,15)/t11-/m0/s1. The van der Waals surface area contributed by atoms with Crippen molar-refractivity contribution < 1.29 is 9.90 Å². The molecule has 1 atom stereocenters. The van der Waals surface area contributed by atoms with Crippen molar-refractivity contribution >= 4 is 5.97 Å². The second-order valence-corrected chi connectivity index (χ2v) is 4.11. The van der Waals surface area contributed by atoms with Crippen molar-refractivity contribution in [3.63, 3.8) is 0 Å². The zero-order chi connectivity index (χ0) is 11.7. The molecule has 0 unspecified atom stereocenters. The van der Waals surface area contributed by atoms with Crippen molar-refractivity contribution in [3.05, 3.63) is 12.2 Å². The third kappa shape index (κ3) is 8.18. The number of carboxylic acid groups (broad SMARTS) is 1. The van der Waals surface area contributed by atoms with Crippen LogP contribution in [-0.4, -0.2) is 17.6 Å². The van der Waals surface area contributed by atoms with Crippen molar-refractivity contribution in [1.82, 2.24) is 0 Å².